The molecule has 3 nitrogen and oxygen atoms in total. The number of thioether (sulfide) groups is 1. The lowest BCUT2D eigenvalue weighted by Crippen LogP contribution is -2.30. The molecule has 0 atom stereocenters. The lowest BCUT2D eigenvalue weighted by Gasteiger charge is -2.09. The maximum absolute atomic E-state index is 11.8. The van der Waals surface area contributed by atoms with Gasteiger partial charge in [0, 0.05) is 17.2 Å². The van der Waals surface area contributed by atoms with Gasteiger partial charge in [0.2, 0.25) is 0 Å². The fraction of sp³-hybridized carbons (Fsp3) is 0.364. The van der Waals surface area contributed by atoms with Crippen LogP contribution < -0.4 is 5.32 Å². The van der Waals surface area contributed by atoms with Crippen molar-refractivity contribution in [1.82, 2.24) is 5.32 Å². The average Bonchev–Trinajstić information content (AvgIpc) is 2.34. The number of hydrogen-bond donors (Lipinski definition) is 1. The number of ether oxygens (including phenoxy) is 1. The Kier molecular flexibility index (Phi) is 6.78. The maximum atomic E-state index is 11.8. The van der Waals surface area contributed by atoms with Crippen LogP contribution in [0.5, 0.6) is 0 Å². The maximum Gasteiger partial charge on any atom is 0.422 e. The Morgan fingerprint density at radius 1 is 1.30 bits per heavy atom. The molecule has 0 fully saturated rings. The summed E-state index contributed by atoms with van der Waals surface area (Å²) in [4.78, 5) is 11.6. The Bertz CT molecular complexity index is 451. The van der Waals surface area contributed by atoms with Crippen LogP contribution in [0.3, 0.4) is 0 Å². The molecule has 1 aromatic rings. The van der Waals surface area contributed by atoms with Gasteiger partial charge in [0.1, 0.15) is 0 Å². The van der Waals surface area contributed by atoms with Gasteiger partial charge in [-0.1, -0.05) is 29.3 Å². The number of halogens is 5. The molecule has 0 aromatic heterocycles. The first-order valence-electron chi connectivity index (χ1n) is 5.34. The van der Waals surface area contributed by atoms with Crippen LogP contribution in [0, 0.1) is 0 Å². The summed E-state index contributed by atoms with van der Waals surface area (Å²) < 4.78 is 39.3. The van der Waals surface area contributed by atoms with Crippen LogP contribution in [0.4, 0.5) is 18.0 Å². The van der Waals surface area contributed by atoms with E-state index >= 15 is 0 Å². The zero-order valence-electron chi connectivity index (χ0n) is 9.97. The monoisotopic (exact) mass is 347 g/mol. The number of rotatable bonds is 5. The van der Waals surface area contributed by atoms with Gasteiger partial charge in [-0.2, -0.15) is 13.2 Å². The molecule has 1 aromatic carbocycles. The highest BCUT2D eigenvalue weighted by atomic mass is 35.5. The third kappa shape index (κ3) is 6.58. The number of carbonyl (C=O) groups excluding carboxylic acids is 1. The van der Waals surface area contributed by atoms with Crippen LogP contribution in [-0.2, 0) is 4.74 Å². The van der Waals surface area contributed by atoms with Gasteiger partial charge < -0.3 is 10.1 Å². The van der Waals surface area contributed by atoms with Gasteiger partial charge in [-0.3, -0.25) is 0 Å². The van der Waals surface area contributed by atoms with E-state index in [9.17, 15) is 18.0 Å². The molecule has 0 unspecified atom stereocenters. The molecule has 0 heterocycles. The molecule has 0 saturated heterocycles. The highest BCUT2D eigenvalue weighted by Crippen LogP contribution is 2.33. The predicted octanol–water partition coefficient (Wildman–Crippen LogP) is 4.37. The molecule has 0 radical (unpaired) electrons. The number of carbonyl (C=O) groups is 1. The third-order valence-corrected chi connectivity index (χ3v) is 3.89. The molecule has 0 spiro atoms. The van der Waals surface area contributed by atoms with Gasteiger partial charge >= 0.3 is 12.3 Å². The van der Waals surface area contributed by atoms with Crippen LogP contribution in [-0.4, -0.2) is 31.2 Å². The first-order chi connectivity index (χ1) is 9.29. The van der Waals surface area contributed by atoms with E-state index in [-0.39, 0.29) is 6.54 Å². The van der Waals surface area contributed by atoms with Gasteiger partial charge in [0.15, 0.2) is 6.61 Å². The molecule has 1 rings (SSSR count). The smallest absolute Gasteiger partial charge is 0.422 e. The normalized spacial score (nSPS) is 11.2. The van der Waals surface area contributed by atoms with Crippen LogP contribution in [0.25, 0.3) is 0 Å². The minimum absolute atomic E-state index is 0.128. The quantitative estimate of drug-likeness (QED) is 0.634. The van der Waals surface area contributed by atoms with Crippen LogP contribution in [0.1, 0.15) is 0 Å². The van der Waals surface area contributed by atoms with Crippen molar-refractivity contribution < 1.29 is 22.7 Å². The summed E-state index contributed by atoms with van der Waals surface area (Å²) in [5, 5.41) is 3.14. The lowest BCUT2D eigenvalue weighted by atomic mass is 10.4. The van der Waals surface area contributed by atoms with E-state index < -0.39 is 18.9 Å². The van der Waals surface area contributed by atoms with E-state index in [1.54, 1.807) is 18.2 Å². The lowest BCUT2D eigenvalue weighted by molar-refractivity contribution is -0.160. The number of alkyl carbamates (subject to hydrolysis) is 1. The summed E-state index contributed by atoms with van der Waals surface area (Å²) in [6.07, 6.45) is -5.65. The van der Waals surface area contributed by atoms with Crippen LogP contribution in [0.2, 0.25) is 10.0 Å². The van der Waals surface area contributed by atoms with Crippen molar-refractivity contribution in [3.63, 3.8) is 0 Å². The summed E-state index contributed by atoms with van der Waals surface area (Å²) in [7, 11) is 0. The van der Waals surface area contributed by atoms with Gasteiger partial charge in [0.05, 0.1) is 10.0 Å². The van der Waals surface area contributed by atoms with Gasteiger partial charge in [-0.15, -0.1) is 11.8 Å². The van der Waals surface area contributed by atoms with Crippen LogP contribution in [0.15, 0.2) is 23.1 Å². The molecule has 20 heavy (non-hydrogen) atoms. The Hall–Kier alpha value is -0.790. The number of nitrogens with one attached hydrogen (secondary N) is 1. The van der Waals surface area contributed by atoms with Crippen molar-refractivity contribution in [2.45, 2.75) is 11.1 Å². The van der Waals surface area contributed by atoms with Crippen LogP contribution >= 0.6 is 35.0 Å². The average molecular weight is 348 g/mol. The highest BCUT2D eigenvalue weighted by molar-refractivity contribution is 7.99. The number of alkyl halides is 3. The fourth-order valence-corrected chi connectivity index (χ4v) is 2.67. The standard InChI is InChI=1S/C11H10Cl2F3NO2S/c12-7-2-1-3-8(13)9(7)20-5-4-17-10(18)19-6-11(14,15)16/h1-3H,4-6H2,(H,17,18). The second kappa shape index (κ2) is 7.85. The summed E-state index contributed by atoms with van der Waals surface area (Å²) in [6, 6.07) is 5.03. The molecule has 112 valence electrons. The Labute approximate surface area is 127 Å². The first kappa shape index (κ1) is 17.3. The summed E-state index contributed by atoms with van der Waals surface area (Å²) >= 11 is 13.1. The van der Waals surface area contributed by atoms with E-state index in [0.29, 0.717) is 20.7 Å². The molecular formula is C11H10Cl2F3NO2S. The van der Waals surface area contributed by atoms with E-state index in [1.807, 2.05) is 0 Å². The molecule has 9 heteroatoms. The van der Waals surface area contributed by atoms with Crippen molar-refractivity contribution in [2.75, 3.05) is 18.9 Å². The van der Waals surface area contributed by atoms with E-state index in [4.69, 9.17) is 23.2 Å². The summed E-state index contributed by atoms with van der Waals surface area (Å²) in [5.74, 6) is 0.393. The number of amides is 1. The van der Waals surface area contributed by atoms with Gasteiger partial charge in [-0.05, 0) is 12.1 Å². The molecule has 0 aliphatic heterocycles. The van der Waals surface area contributed by atoms with E-state index in [2.05, 4.69) is 10.1 Å². The van der Waals surface area contributed by atoms with Crippen molar-refractivity contribution in [2.24, 2.45) is 0 Å². The summed E-state index contributed by atoms with van der Waals surface area (Å²) in [6.45, 7) is -1.48. The van der Waals surface area contributed by atoms with E-state index in [0.717, 1.165) is 0 Å². The number of hydrogen-bond acceptors (Lipinski definition) is 3. The van der Waals surface area contributed by atoms with E-state index in [1.165, 1.54) is 11.8 Å². The highest BCUT2D eigenvalue weighted by Gasteiger charge is 2.29. The summed E-state index contributed by atoms with van der Waals surface area (Å²) in [5.41, 5.74) is 0. The Balaban J connectivity index is 2.27. The van der Waals surface area contributed by atoms with Gasteiger partial charge in [0.25, 0.3) is 0 Å². The predicted molar refractivity (Wildman–Crippen MR) is 72.6 cm³/mol. The van der Waals surface area contributed by atoms with Crippen molar-refractivity contribution in [3.05, 3.63) is 28.2 Å². The molecule has 1 N–H and O–H groups in total. The Morgan fingerprint density at radius 2 is 1.90 bits per heavy atom. The van der Waals surface area contributed by atoms with Crippen molar-refractivity contribution in [1.29, 1.82) is 0 Å². The van der Waals surface area contributed by atoms with Gasteiger partial charge in [-0.25, -0.2) is 4.79 Å². The molecule has 0 saturated carbocycles. The number of benzene rings is 1. The second-order valence-corrected chi connectivity index (χ2v) is 5.44. The largest absolute Gasteiger partial charge is 0.440 e. The second-order valence-electron chi connectivity index (χ2n) is 3.52. The molecule has 1 amide bonds. The zero-order chi connectivity index (χ0) is 15.2. The first-order valence-corrected chi connectivity index (χ1v) is 7.08. The van der Waals surface area contributed by atoms with Crippen molar-refractivity contribution in [3.8, 4) is 0 Å². The third-order valence-electron chi connectivity index (χ3n) is 1.90. The molecular weight excluding hydrogens is 338 g/mol. The Morgan fingerprint density at radius 3 is 2.45 bits per heavy atom. The van der Waals surface area contributed by atoms with Crippen molar-refractivity contribution >= 4 is 41.1 Å². The molecule has 0 bridgehead atoms. The SMILES string of the molecule is O=C(NCCSc1c(Cl)cccc1Cl)OCC(F)(F)F. The topological polar surface area (TPSA) is 38.3 Å². The zero-order valence-corrected chi connectivity index (χ0v) is 12.3. The minimum Gasteiger partial charge on any atom is -0.440 e. The molecule has 0 aliphatic carbocycles. The minimum atomic E-state index is -4.53. The molecule has 0 aliphatic rings. The fourth-order valence-electron chi connectivity index (χ4n) is 1.13.